The molecule has 3 N–H and O–H groups in total. The van der Waals surface area contributed by atoms with Crippen molar-refractivity contribution >= 4 is 5.91 Å². The van der Waals surface area contributed by atoms with Crippen molar-refractivity contribution in [1.29, 1.82) is 0 Å². The second-order valence-corrected chi connectivity index (χ2v) is 6.72. The van der Waals surface area contributed by atoms with E-state index in [9.17, 15) is 4.79 Å². The Morgan fingerprint density at radius 3 is 2.33 bits per heavy atom. The van der Waals surface area contributed by atoms with Crippen LogP contribution >= 0.6 is 0 Å². The third-order valence-electron chi connectivity index (χ3n) is 4.81. The Labute approximate surface area is 128 Å². The first-order chi connectivity index (χ1) is 10.1. The van der Waals surface area contributed by atoms with Gasteiger partial charge in [-0.3, -0.25) is 4.79 Å². The summed E-state index contributed by atoms with van der Waals surface area (Å²) in [6, 6.07) is 7.92. The average Bonchev–Trinajstić information content (AvgIpc) is 2.53. The highest BCUT2D eigenvalue weighted by Gasteiger charge is 2.30. The molecule has 1 fully saturated rings. The lowest BCUT2D eigenvalue weighted by Gasteiger charge is -2.36. The van der Waals surface area contributed by atoms with E-state index in [-0.39, 0.29) is 11.3 Å². The average molecular weight is 288 g/mol. The number of amides is 1. The van der Waals surface area contributed by atoms with E-state index in [1.54, 1.807) is 0 Å². The van der Waals surface area contributed by atoms with Crippen LogP contribution in [0.3, 0.4) is 0 Å². The summed E-state index contributed by atoms with van der Waals surface area (Å²) in [6.07, 6.45) is 6.03. The Balaban J connectivity index is 1.94. The smallest absolute Gasteiger partial charge is 0.251 e. The number of nitrogens with one attached hydrogen (secondary N) is 1. The number of hydrogen-bond acceptors (Lipinski definition) is 2. The van der Waals surface area contributed by atoms with Crippen LogP contribution < -0.4 is 11.1 Å². The van der Waals surface area contributed by atoms with E-state index in [1.807, 2.05) is 24.3 Å². The predicted molar refractivity (Wildman–Crippen MR) is 87.4 cm³/mol. The SMILES string of the molecule is CC(C)c1ccc(C(=O)NCC2(CN)CCCCC2)cc1. The van der Waals surface area contributed by atoms with Crippen molar-refractivity contribution in [1.82, 2.24) is 5.32 Å². The molecule has 0 aromatic heterocycles. The molecule has 1 aliphatic rings. The van der Waals surface area contributed by atoms with Gasteiger partial charge in [-0.25, -0.2) is 0 Å². The van der Waals surface area contributed by atoms with Crippen LogP contribution in [0.15, 0.2) is 24.3 Å². The van der Waals surface area contributed by atoms with Crippen LogP contribution in [0.5, 0.6) is 0 Å². The number of hydrogen-bond donors (Lipinski definition) is 2. The molecule has 3 heteroatoms. The van der Waals surface area contributed by atoms with Crippen molar-refractivity contribution in [3.05, 3.63) is 35.4 Å². The maximum atomic E-state index is 12.3. The molecule has 21 heavy (non-hydrogen) atoms. The quantitative estimate of drug-likeness (QED) is 0.872. The molecule has 0 heterocycles. The number of carbonyl (C=O) groups is 1. The van der Waals surface area contributed by atoms with E-state index >= 15 is 0 Å². The van der Waals surface area contributed by atoms with Gasteiger partial charge in [-0.05, 0) is 48.4 Å². The molecule has 1 saturated carbocycles. The summed E-state index contributed by atoms with van der Waals surface area (Å²) in [5.74, 6) is 0.508. The van der Waals surface area contributed by atoms with Gasteiger partial charge in [-0.15, -0.1) is 0 Å². The zero-order valence-corrected chi connectivity index (χ0v) is 13.3. The normalized spacial score (nSPS) is 17.7. The second-order valence-electron chi connectivity index (χ2n) is 6.72. The van der Waals surface area contributed by atoms with E-state index < -0.39 is 0 Å². The predicted octanol–water partition coefficient (Wildman–Crippen LogP) is 3.45. The van der Waals surface area contributed by atoms with Gasteiger partial charge in [0.25, 0.3) is 5.91 Å². The molecule has 2 rings (SSSR count). The Kier molecular flexibility index (Phi) is 5.40. The fourth-order valence-electron chi connectivity index (χ4n) is 3.14. The summed E-state index contributed by atoms with van der Waals surface area (Å²) in [6.45, 7) is 5.68. The van der Waals surface area contributed by atoms with Crippen molar-refractivity contribution in [2.45, 2.75) is 51.9 Å². The van der Waals surface area contributed by atoms with Crippen molar-refractivity contribution in [2.24, 2.45) is 11.1 Å². The van der Waals surface area contributed by atoms with E-state index in [0.717, 1.165) is 18.4 Å². The minimum atomic E-state index is 0.0173. The van der Waals surface area contributed by atoms with E-state index in [2.05, 4.69) is 19.2 Å². The Morgan fingerprint density at radius 2 is 1.81 bits per heavy atom. The standard InChI is InChI=1S/C18H28N2O/c1-14(2)15-6-8-16(9-7-15)17(21)20-13-18(12-19)10-4-3-5-11-18/h6-9,14H,3-5,10-13,19H2,1-2H3,(H,20,21). The lowest BCUT2D eigenvalue weighted by atomic mass is 9.74. The van der Waals surface area contributed by atoms with Crippen LogP contribution in [0.4, 0.5) is 0 Å². The topological polar surface area (TPSA) is 55.1 Å². The first-order valence-corrected chi connectivity index (χ1v) is 8.14. The van der Waals surface area contributed by atoms with E-state index in [1.165, 1.54) is 24.8 Å². The van der Waals surface area contributed by atoms with Gasteiger partial charge in [-0.2, -0.15) is 0 Å². The molecule has 0 atom stereocenters. The van der Waals surface area contributed by atoms with Crippen LogP contribution in [0, 0.1) is 5.41 Å². The molecule has 0 aliphatic heterocycles. The highest BCUT2D eigenvalue weighted by molar-refractivity contribution is 5.94. The minimum Gasteiger partial charge on any atom is -0.351 e. The van der Waals surface area contributed by atoms with Gasteiger partial charge in [0.05, 0.1) is 0 Å². The van der Waals surface area contributed by atoms with Crippen molar-refractivity contribution in [2.75, 3.05) is 13.1 Å². The Morgan fingerprint density at radius 1 is 1.19 bits per heavy atom. The maximum Gasteiger partial charge on any atom is 0.251 e. The number of rotatable bonds is 5. The lowest BCUT2D eigenvalue weighted by molar-refractivity contribution is 0.0914. The molecule has 0 saturated heterocycles. The van der Waals surface area contributed by atoms with Crippen molar-refractivity contribution in [3.63, 3.8) is 0 Å². The molecule has 3 nitrogen and oxygen atoms in total. The fourth-order valence-corrected chi connectivity index (χ4v) is 3.14. The van der Waals surface area contributed by atoms with Gasteiger partial charge in [0.2, 0.25) is 0 Å². The van der Waals surface area contributed by atoms with Gasteiger partial charge < -0.3 is 11.1 Å². The van der Waals surface area contributed by atoms with Gasteiger partial charge in [0.1, 0.15) is 0 Å². The summed E-state index contributed by atoms with van der Waals surface area (Å²) < 4.78 is 0. The largest absolute Gasteiger partial charge is 0.351 e. The number of nitrogens with two attached hydrogens (primary N) is 1. The molecular formula is C18H28N2O. The Hall–Kier alpha value is -1.35. The molecular weight excluding hydrogens is 260 g/mol. The van der Waals surface area contributed by atoms with Crippen molar-refractivity contribution < 1.29 is 4.79 Å². The summed E-state index contributed by atoms with van der Waals surface area (Å²) in [5, 5.41) is 3.09. The summed E-state index contributed by atoms with van der Waals surface area (Å²) >= 11 is 0. The summed E-state index contributed by atoms with van der Waals surface area (Å²) in [7, 11) is 0. The summed E-state index contributed by atoms with van der Waals surface area (Å²) in [4.78, 5) is 12.3. The second kappa shape index (κ2) is 7.08. The molecule has 0 spiro atoms. The van der Waals surface area contributed by atoms with E-state index in [4.69, 9.17) is 5.73 Å². The first-order valence-electron chi connectivity index (χ1n) is 8.14. The molecule has 1 aliphatic carbocycles. The molecule has 0 radical (unpaired) electrons. The summed E-state index contributed by atoms with van der Waals surface area (Å²) in [5.41, 5.74) is 8.08. The van der Waals surface area contributed by atoms with Gasteiger partial charge in [-0.1, -0.05) is 45.2 Å². The fraction of sp³-hybridized carbons (Fsp3) is 0.611. The number of benzene rings is 1. The number of carbonyl (C=O) groups excluding carboxylic acids is 1. The van der Waals surface area contributed by atoms with Crippen LogP contribution in [0.25, 0.3) is 0 Å². The minimum absolute atomic E-state index is 0.0173. The molecule has 1 aromatic carbocycles. The first kappa shape index (κ1) is 16.0. The molecule has 0 unspecified atom stereocenters. The monoisotopic (exact) mass is 288 g/mol. The zero-order valence-electron chi connectivity index (χ0n) is 13.3. The molecule has 116 valence electrons. The third-order valence-corrected chi connectivity index (χ3v) is 4.81. The van der Waals surface area contributed by atoms with Gasteiger partial charge >= 0.3 is 0 Å². The van der Waals surface area contributed by atoms with Crippen LogP contribution in [0.1, 0.15) is 67.8 Å². The third kappa shape index (κ3) is 4.07. The van der Waals surface area contributed by atoms with E-state index in [0.29, 0.717) is 19.0 Å². The molecule has 0 bridgehead atoms. The zero-order chi connectivity index (χ0) is 15.3. The molecule has 1 amide bonds. The van der Waals surface area contributed by atoms with Crippen LogP contribution in [-0.4, -0.2) is 19.0 Å². The Bertz CT molecular complexity index is 459. The van der Waals surface area contributed by atoms with Gasteiger partial charge in [0.15, 0.2) is 0 Å². The highest BCUT2D eigenvalue weighted by atomic mass is 16.1. The van der Waals surface area contributed by atoms with Gasteiger partial charge in [0, 0.05) is 12.1 Å². The molecule has 1 aromatic rings. The van der Waals surface area contributed by atoms with Crippen molar-refractivity contribution in [3.8, 4) is 0 Å². The highest BCUT2D eigenvalue weighted by Crippen LogP contribution is 2.34. The van der Waals surface area contributed by atoms with Crippen LogP contribution in [0.2, 0.25) is 0 Å². The van der Waals surface area contributed by atoms with Crippen LogP contribution in [-0.2, 0) is 0 Å². The lowest BCUT2D eigenvalue weighted by Crippen LogP contribution is -2.43. The maximum absolute atomic E-state index is 12.3.